The molecular weight excluding hydrogens is 779 g/mol. The molecule has 2 aliphatic heterocycles. The van der Waals surface area contributed by atoms with Crippen molar-refractivity contribution >= 4 is 50.4 Å². The van der Waals surface area contributed by atoms with E-state index in [0.29, 0.717) is 38.2 Å². The number of aromatic amines is 1. The van der Waals surface area contributed by atoms with Crippen molar-refractivity contribution in [2.75, 3.05) is 19.6 Å². The fourth-order valence-electron chi connectivity index (χ4n) is 12.6. The first-order chi connectivity index (χ1) is 28.3. The number of amides is 3. The second-order valence-electron chi connectivity index (χ2n) is 20.9. The molecular formula is C47H65N5O7S. The van der Waals surface area contributed by atoms with Gasteiger partial charge in [0, 0.05) is 54.7 Å². The Balaban J connectivity index is 1.06. The summed E-state index contributed by atoms with van der Waals surface area (Å²) in [7, 11) is -4.07. The van der Waals surface area contributed by atoms with Gasteiger partial charge in [-0.2, -0.15) is 12.7 Å². The van der Waals surface area contributed by atoms with E-state index in [4.69, 9.17) is 0 Å². The molecule has 0 unspecified atom stereocenters. The van der Waals surface area contributed by atoms with Gasteiger partial charge in [-0.15, -0.1) is 6.58 Å². The Morgan fingerprint density at radius 2 is 1.63 bits per heavy atom. The number of benzene rings is 1. The van der Waals surface area contributed by atoms with E-state index < -0.39 is 44.9 Å². The Morgan fingerprint density at radius 1 is 0.950 bits per heavy atom. The molecule has 0 radical (unpaired) electrons. The molecule has 3 N–H and O–H groups in total. The summed E-state index contributed by atoms with van der Waals surface area (Å²) in [6.07, 6.45) is 11.3. The lowest BCUT2D eigenvalue weighted by molar-refractivity contribution is -0.146. The molecule has 12 nitrogen and oxygen atoms in total. The maximum absolute atomic E-state index is 15.3. The highest BCUT2D eigenvalue weighted by Gasteiger charge is 2.85. The third kappa shape index (κ3) is 6.97. The van der Waals surface area contributed by atoms with Gasteiger partial charge in [0.2, 0.25) is 11.8 Å². The summed E-state index contributed by atoms with van der Waals surface area (Å²) in [5.41, 5.74) is -1.10. The highest BCUT2D eigenvalue weighted by molar-refractivity contribution is 7.87. The van der Waals surface area contributed by atoms with Crippen LogP contribution in [0.5, 0.6) is 0 Å². The maximum atomic E-state index is 15.3. The number of carbonyl (C=O) groups is 5. The smallest absolute Gasteiger partial charge is 0.303 e. The van der Waals surface area contributed by atoms with Gasteiger partial charge in [-0.25, -0.2) is 4.72 Å². The Labute approximate surface area is 355 Å². The van der Waals surface area contributed by atoms with Crippen LogP contribution >= 0.6 is 0 Å². The molecule has 0 bridgehead atoms. The van der Waals surface area contributed by atoms with Crippen LogP contribution in [-0.4, -0.2) is 83.6 Å². The number of hydrogen-bond acceptors (Lipinski definition) is 7. The fraction of sp³-hybridized carbons (Fsp3) is 0.681. The number of allylic oxidation sites excluding steroid dienone is 1. The SMILES string of the molecule is C=C[C@@H]1C[C@]1(CC(=O)[C@@H]1C[C@@]2(CN1C(=O)[C@@H](CC(=O)[C@@H](NC(=O)c1cc3ccccc3[nH]1)C1CCCCC1)C(C)(C)C)C(C)(C)C21CCC1)C(=O)NS(=O)(=O)N1CCCC1. The van der Waals surface area contributed by atoms with Gasteiger partial charge in [-0.3, -0.25) is 24.0 Å². The van der Waals surface area contributed by atoms with E-state index in [-0.39, 0.29) is 64.3 Å². The van der Waals surface area contributed by atoms with E-state index in [2.05, 4.69) is 35.4 Å². The Bertz CT molecular complexity index is 2160. The molecule has 2 spiro atoms. The molecule has 4 saturated carbocycles. The predicted molar refractivity (Wildman–Crippen MR) is 230 cm³/mol. The molecule has 60 heavy (non-hydrogen) atoms. The zero-order valence-electron chi connectivity index (χ0n) is 36.2. The summed E-state index contributed by atoms with van der Waals surface area (Å²) in [5, 5.41) is 4.01. The van der Waals surface area contributed by atoms with Gasteiger partial charge >= 0.3 is 10.2 Å². The molecule has 1 aromatic heterocycles. The topological polar surface area (TPSA) is 166 Å². The van der Waals surface area contributed by atoms with Gasteiger partial charge in [-0.05, 0) is 91.6 Å². The molecule has 3 amide bonds. The van der Waals surface area contributed by atoms with Crippen molar-refractivity contribution in [3.63, 3.8) is 0 Å². The minimum absolute atomic E-state index is 0.0156. The molecule has 4 aliphatic carbocycles. The number of carbonyl (C=O) groups excluding carboxylic acids is 5. The van der Waals surface area contributed by atoms with E-state index in [1.807, 2.05) is 45.0 Å². The molecule has 326 valence electrons. The number of H-pyrrole nitrogens is 1. The summed E-state index contributed by atoms with van der Waals surface area (Å²) in [4.78, 5) is 77.7. The zero-order valence-corrected chi connectivity index (χ0v) is 37.1. The Morgan fingerprint density at radius 3 is 2.22 bits per heavy atom. The van der Waals surface area contributed by atoms with Gasteiger partial charge in [0.25, 0.3) is 5.91 Å². The van der Waals surface area contributed by atoms with Crippen LogP contribution < -0.4 is 10.0 Å². The first kappa shape index (κ1) is 42.8. The minimum Gasteiger partial charge on any atom is -0.351 e. The van der Waals surface area contributed by atoms with Gasteiger partial charge in [-0.1, -0.05) is 84.6 Å². The first-order valence-electron chi connectivity index (χ1n) is 22.5. The molecule has 8 rings (SSSR count). The number of ketones is 2. The monoisotopic (exact) mass is 843 g/mol. The van der Waals surface area contributed by atoms with E-state index in [0.717, 1.165) is 75.1 Å². The summed E-state index contributed by atoms with van der Waals surface area (Å²) in [6.45, 7) is 15.4. The Kier molecular flexibility index (Phi) is 10.9. The lowest BCUT2D eigenvalue weighted by atomic mass is 9.73. The molecule has 1 aromatic carbocycles. The van der Waals surface area contributed by atoms with Crippen LogP contribution in [-0.2, 0) is 29.4 Å². The third-order valence-corrected chi connectivity index (χ3v) is 18.2. The molecule has 6 aliphatic rings. The highest BCUT2D eigenvalue weighted by atomic mass is 32.2. The summed E-state index contributed by atoms with van der Waals surface area (Å²) in [5.74, 6) is -2.94. The van der Waals surface area contributed by atoms with Crippen molar-refractivity contribution < 1.29 is 32.4 Å². The maximum Gasteiger partial charge on any atom is 0.303 e. The van der Waals surface area contributed by atoms with Gasteiger partial charge < -0.3 is 15.2 Å². The standard InChI is InChI=1S/C47H65N5O7S/c1-7-32-26-45(32,42(57)50-60(58,59)51-22-13-14-23-51)28-38(54)36-27-47(44(5,6)46(47)20-15-21-46)29-52(36)41(56)33(43(2,3)4)25-37(53)39(30-16-9-8-10-17-30)49-40(55)35-24-31-18-11-12-19-34(31)48-35/h7,11-12,18-19,24,30,32-33,36,39,48H,1,8-10,13-17,20-23,25-29H2,2-6H3,(H,49,55)(H,50,57)/t32-,33-,36+,39+,45-,47-/m1/s1. The molecule has 3 heterocycles. The Hall–Kier alpha value is -3.84. The lowest BCUT2D eigenvalue weighted by Gasteiger charge is -2.37. The van der Waals surface area contributed by atoms with Crippen LogP contribution in [0.25, 0.3) is 10.9 Å². The van der Waals surface area contributed by atoms with Gasteiger partial charge in [0.1, 0.15) is 5.69 Å². The van der Waals surface area contributed by atoms with E-state index >= 15 is 4.79 Å². The zero-order chi connectivity index (χ0) is 43.0. The van der Waals surface area contributed by atoms with Crippen molar-refractivity contribution in [2.24, 2.45) is 44.8 Å². The number of para-hydroxylation sites is 1. The summed E-state index contributed by atoms with van der Waals surface area (Å²) in [6, 6.07) is 7.85. The fourth-order valence-corrected chi connectivity index (χ4v) is 13.9. The highest BCUT2D eigenvalue weighted by Crippen LogP contribution is 2.88. The van der Waals surface area contributed by atoms with Crippen molar-refractivity contribution in [3.05, 3.63) is 48.7 Å². The number of fused-ring (bicyclic) bond motifs is 2. The summed E-state index contributed by atoms with van der Waals surface area (Å²) < 4.78 is 30.0. The van der Waals surface area contributed by atoms with Gasteiger partial charge in [0.05, 0.1) is 17.5 Å². The number of rotatable bonds is 14. The average Bonchev–Trinajstić information content (AvgIpc) is 3.59. The average molecular weight is 844 g/mol. The van der Waals surface area contributed by atoms with Crippen molar-refractivity contribution in [2.45, 2.75) is 137 Å². The molecule has 2 aromatic rings. The van der Waals surface area contributed by atoms with Crippen LogP contribution in [0.4, 0.5) is 0 Å². The van der Waals surface area contributed by atoms with Crippen molar-refractivity contribution in [3.8, 4) is 0 Å². The van der Waals surface area contributed by atoms with Crippen LogP contribution in [0.15, 0.2) is 43.0 Å². The normalized spacial score (nSPS) is 29.5. The minimum atomic E-state index is -4.07. The number of nitrogens with one attached hydrogen (secondary N) is 3. The van der Waals surface area contributed by atoms with E-state index in [9.17, 15) is 27.6 Å². The van der Waals surface area contributed by atoms with Crippen LogP contribution in [0.1, 0.15) is 135 Å². The number of nitrogens with zero attached hydrogens (tertiary/aromatic N) is 2. The van der Waals surface area contributed by atoms with E-state index in [1.165, 1.54) is 4.31 Å². The van der Waals surface area contributed by atoms with E-state index in [1.54, 1.807) is 17.0 Å². The number of aromatic nitrogens is 1. The molecule has 6 atom stereocenters. The van der Waals surface area contributed by atoms with Crippen LogP contribution in [0.3, 0.4) is 0 Å². The van der Waals surface area contributed by atoms with Crippen LogP contribution in [0.2, 0.25) is 0 Å². The predicted octanol–water partition coefficient (Wildman–Crippen LogP) is 6.87. The van der Waals surface area contributed by atoms with Crippen molar-refractivity contribution in [1.29, 1.82) is 0 Å². The van der Waals surface area contributed by atoms with Gasteiger partial charge in [0.15, 0.2) is 11.6 Å². The molecule has 2 saturated heterocycles. The molecule has 13 heteroatoms. The molecule has 6 fully saturated rings. The number of hydrogen-bond donors (Lipinski definition) is 3. The number of Topliss-reactive ketones (excluding diaryl/α,β-unsaturated/α-hetero) is 2. The second-order valence-corrected chi connectivity index (χ2v) is 22.6. The lowest BCUT2D eigenvalue weighted by Crippen LogP contribution is -2.51. The third-order valence-electron chi connectivity index (χ3n) is 16.7. The first-order valence-corrected chi connectivity index (χ1v) is 23.9. The largest absolute Gasteiger partial charge is 0.351 e. The summed E-state index contributed by atoms with van der Waals surface area (Å²) >= 11 is 0. The quantitative estimate of drug-likeness (QED) is 0.175. The number of likely N-dealkylation sites (tertiary alicyclic amines) is 1. The second kappa shape index (κ2) is 15.2. The van der Waals surface area contributed by atoms with Crippen molar-refractivity contribution in [1.82, 2.24) is 24.2 Å². The van der Waals surface area contributed by atoms with Crippen LogP contribution in [0, 0.1) is 44.8 Å².